The van der Waals surface area contributed by atoms with Crippen LogP contribution in [0.2, 0.25) is 0 Å². The quantitative estimate of drug-likeness (QED) is 0.517. The summed E-state index contributed by atoms with van der Waals surface area (Å²) in [5.74, 6) is 1.20. The number of nitrogens with zero attached hydrogens (tertiary/aromatic N) is 2. The zero-order chi connectivity index (χ0) is 19.0. The topological polar surface area (TPSA) is 50.1 Å². The number of hydrogen-bond acceptors (Lipinski definition) is 3. The van der Waals surface area contributed by atoms with Crippen molar-refractivity contribution in [1.82, 2.24) is 5.16 Å². The first kappa shape index (κ1) is 16.8. The van der Waals surface area contributed by atoms with Crippen molar-refractivity contribution >= 4 is 0 Å². The molecule has 28 heavy (non-hydrogen) atoms. The minimum atomic E-state index is -0.0284. The van der Waals surface area contributed by atoms with Crippen molar-refractivity contribution in [3.05, 3.63) is 91.0 Å². The standard InChI is InChI=1S/C24H20N2O2/c27-20-11-9-19(10-12-20)22-21(18-7-3-1-4-8-18)23(28-25-22)24(13-14-24)17-26-15-5-2-6-16-26/h1-12,15-16H,13-14,17H2/p+1. The number of benzene rings is 2. The second-order valence-electron chi connectivity index (χ2n) is 7.48. The number of aromatic hydroxyl groups is 1. The van der Waals surface area contributed by atoms with Crippen molar-refractivity contribution in [2.45, 2.75) is 24.8 Å². The lowest BCUT2D eigenvalue weighted by Crippen LogP contribution is -2.39. The first-order valence-electron chi connectivity index (χ1n) is 9.54. The molecule has 1 N–H and O–H groups in total. The van der Waals surface area contributed by atoms with E-state index in [1.54, 1.807) is 12.1 Å². The molecule has 4 aromatic rings. The van der Waals surface area contributed by atoms with Crippen LogP contribution in [-0.4, -0.2) is 10.3 Å². The van der Waals surface area contributed by atoms with Gasteiger partial charge in [0.2, 0.25) is 0 Å². The third-order valence-corrected chi connectivity index (χ3v) is 5.49. The predicted molar refractivity (Wildman–Crippen MR) is 107 cm³/mol. The number of aromatic nitrogens is 2. The highest BCUT2D eigenvalue weighted by Gasteiger charge is 2.53. The van der Waals surface area contributed by atoms with E-state index in [9.17, 15) is 5.11 Å². The van der Waals surface area contributed by atoms with Gasteiger partial charge in [-0.2, -0.15) is 0 Å². The number of phenolic OH excluding ortho intramolecular Hbond substituents is 1. The van der Waals surface area contributed by atoms with Gasteiger partial charge in [0.15, 0.2) is 24.7 Å². The van der Waals surface area contributed by atoms with E-state index in [1.807, 2.05) is 36.4 Å². The van der Waals surface area contributed by atoms with Gasteiger partial charge in [0.1, 0.15) is 11.4 Å². The molecule has 2 heterocycles. The molecule has 0 amide bonds. The minimum Gasteiger partial charge on any atom is -0.508 e. The molecule has 1 fully saturated rings. The Morgan fingerprint density at radius 1 is 0.857 bits per heavy atom. The van der Waals surface area contributed by atoms with Gasteiger partial charge in [0.05, 0.1) is 11.0 Å². The lowest BCUT2D eigenvalue weighted by atomic mass is 9.91. The van der Waals surface area contributed by atoms with E-state index in [0.29, 0.717) is 0 Å². The minimum absolute atomic E-state index is 0.0284. The largest absolute Gasteiger partial charge is 0.508 e. The summed E-state index contributed by atoms with van der Waals surface area (Å²) in [5.41, 5.74) is 3.89. The van der Waals surface area contributed by atoms with Crippen molar-refractivity contribution in [2.75, 3.05) is 0 Å². The molecule has 1 saturated carbocycles. The maximum atomic E-state index is 9.65. The van der Waals surface area contributed by atoms with Crippen LogP contribution in [0.3, 0.4) is 0 Å². The highest BCUT2D eigenvalue weighted by molar-refractivity contribution is 5.83. The fourth-order valence-corrected chi connectivity index (χ4v) is 3.84. The molecule has 0 radical (unpaired) electrons. The van der Waals surface area contributed by atoms with Crippen LogP contribution < -0.4 is 4.57 Å². The Bertz CT molecular complexity index is 1080. The lowest BCUT2D eigenvalue weighted by Gasteiger charge is -2.11. The van der Waals surface area contributed by atoms with E-state index >= 15 is 0 Å². The third kappa shape index (κ3) is 2.97. The Morgan fingerprint density at radius 2 is 1.54 bits per heavy atom. The lowest BCUT2D eigenvalue weighted by molar-refractivity contribution is -0.702. The third-order valence-electron chi connectivity index (χ3n) is 5.49. The van der Waals surface area contributed by atoms with Gasteiger partial charge in [-0.25, -0.2) is 4.57 Å². The molecule has 1 aliphatic rings. The van der Waals surface area contributed by atoms with Crippen molar-refractivity contribution in [3.8, 4) is 28.1 Å². The second kappa shape index (κ2) is 6.64. The summed E-state index contributed by atoms with van der Waals surface area (Å²) < 4.78 is 8.22. The molecule has 1 aliphatic carbocycles. The van der Waals surface area contributed by atoms with Crippen molar-refractivity contribution in [1.29, 1.82) is 0 Å². The van der Waals surface area contributed by atoms with Crippen LogP contribution in [0.1, 0.15) is 18.6 Å². The van der Waals surface area contributed by atoms with Crippen LogP contribution in [0.15, 0.2) is 89.7 Å². The summed E-state index contributed by atoms with van der Waals surface area (Å²) in [6, 6.07) is 23.6. The van der Waals surface area contributed by atoms with Gasteiger partial charge >= 0.3 is 0 Å². The van der Waals surface area contributed by atoms with E-state index in [1.165, 1.54) is 0 Å². The average Bonchev–Trinajstić information content (AvgIpc) is 3.37. The Balaban J connectivity index is 1.64. The first-order chi connectivity index (χ1) is 13.8. The molecule has 2 aromatic heterocycles. The molecule has 0 bridgehead atoms. The number of rotatable bonds is 5. The maximum Gasteiger partial charge on any atom is 0.168 e. The fourth-order valence-electron chi connectivity index (χ4n) is 3.84. The zero-order valence-electron chi connectivity index (χ0n) is 15.5. The summed E-state index contributed by atoms with van der Waals surface area (Å²) in [6.45, 7) is 0.873. The molecular weight excluding hydrogens is 348 g/mol. The fraction of sp³-hybridized carbons (Fsp3) is 0.167. The highest BCUT2D eigenvalue weighted by Crippen LogP contribution is 2.53. The zero-order valence-corrected chi connectivity index (χ0v) is 15.5. The molecule has 0 saturated heterocycles. The first-order valence-corrected chi connectivity index (χ1v) is 9.54. The van der Waals surface area contributed by atoms with Gasteiger partial charge in [0.25, 0.3) is 0 Å². The maximum absolute atomic E-state index is 9.65. The normalized spacial score (nSPS) is 14.7. The molecule has 2 aromatic carbocycles. The SMILES string of the molecule is Oc1ccc(-c2noc(C3(C[n+]4ccccc4)CC3)c2-c2ccccc2)cc1. The Kier molecular flexibility index (Phi) is 3.97. The van der Waals surface area contributed by atoms with Crippen LogP contribution in [0.4, 0.5) is 0 Å². The van der Waals surface area contributed by atoms with Crippen LogP contribution in [0, 0.1) is 0 Å². The summed E-state index contributed by atoms with van der Waals surface area (Å²) in [7, 11) is 0. The van der Waals surface area contributed by atoms with Gasteiger partial charge in [0, 0.05) is 17.7 Å². The van der Waals surface area contributed by atoms with Gasteiger partial charge in [-0.15, -0.1) is 0 Å². The van der Waals surface area contributed by atoms with Gasteiger partial charge in [-0.1, -0.05) is 41.6 Å². The molecule has 4 heteroatoms. The molecule has 0 spiro atoms. The summed E-state index contributed by atoms with van der Waals surface area (Å²) in [6.07, 6.45) is 6.36. The van der Waals surface area contributed by atoms with Crippen molar-refractivity contribution in [2.24, 2.45) is 0 Å². The second-order valence-corrected chi connectivity index (χ2v) is 7.48. The Morgan fingerprint density at radius 3 is 2.21 bits per heavy atom. The number of hydrogen-bond donors (Lipinski definition) is 1. The number of phenols is 1. The summed E-state index contributed by atoms with van der Waals surface area (Å²) in [5, 5.41) is 14.1. The molecule has 138 valence electrons. The van der Waals surface area contributed by atoms with Crippen LogP contribution in [-0.2, 0) is 12.0 Å². The van der Waals surface area contributed by atoms with E-state index in [2.05, 4.69) is 46.4 Å². The van der Waals surface area contributed by atoms with E-state index in [0.717, 1.165) is 47.5 Å². The predicted octanol–water partition coefficient (Wildman–Crippen LogP) is 4.73. The molecule has 5 rings (SSSR count). The van der Waals surface area contributed by atoms with E-state index in [-0.39, 0.29) is 11.2 Å². The van der Waals surface area contributed by atoms with Gasteiger partial charge in [-0.05, 0) is 42.7 Å². The average molecular weight is 369 g/mol. The molecule has 4 nitrogen and oxygen atoms in total. The Labute approximate surface area is 163 Å². The molecule has 0 unspecified atom stereocenters. The summed E-state index contributed by atoms with van der Waals surface area (Å²) in [4.78, 5) is 0. The van der Waals surface area contributed by atoms with Crippen LogP contribution in [0.5, 0.6) is 5.75 Å². The van der Waals surface area contributed by atoms with Crippen molar-refractivity contribution < 1.29 is 14.2 Å². The van der Waals surface area contributed by atoms with Crippen molar-refractivity contribution in [3.63, 3.8) is 0 Å². The number of pyridine rings is 1. The molecular formula is C24H21N2O2+. The van der Waals surface area contributed by atoms with Gasteiger partial charge in [-0.3, -0.25) is 0 Å². The Hall–Kier alpha value is -3.40. The monoisotopic (exact) mass is 369 g/mol. The van der Waals surface area contributed by atoms with Crippen LogP contribution >= 0.6 is 0 Å². The van der Waals surface area contributed by atoms with E-state index < -0.39 is 0 Å². The van der Waals surface area contributed by atoms with E-state index in [4.69, 9.17) is 4.52 Å². The molecule has 0 atom stereocenters. The smallest absolute Gasteiger partial charge is 0.168 e. The molecule has 0 aliphatic heterocycles. The summed E-state index contributed by atoms with van der Waals surface area (Å²) >= 11 is 0. The van der Waals surface area contributed by atoms with Crippen LogP contribution in [0.25, 0.3) is 22.4 Å². The highest BCUT2D eigenvalue weighted by atomic mass is 16.5. The van der Waals surface area contributed by atoms with Gasteiger partial charge < -0.3 is 9.63 Å².